The van der Waals surface area contributed by atoms with Crippen LogP contribution in [0.2, 0.25) is 0 Å². The first-order chi connectivity index (χ1) is 13.1. The van der Waals surface area contributed by atoms with E-state index < -0.39 is 18.2 Å². The second-order valence-electron chi connectivity index (χ2n) is 6.65. The first kappa shape index (κ1) is 15.8. The SMILES string of the molecule is O=C1N[C@@H](O)c2nc3ccccc3c(=O)n2[C@@H]1Cc1c[nH]c2ccccc12. The van der Waals surface area contributed by atoms with Crippen LogP contribution in [0.1, 0.15) is 23.7 Å². The van der Waals surface area contributed by atoms with Crippen molar-refractivity contribution >= 4 is 27.7 Å². The average molecular weight is 360 g/mol. The highest BCUT2D eigenvalue weighted by atomic mass is 16.3. The van der Waals surface area contributed by atoms with Gasteiger partial charge in [-0.2, -0.15) is 0 Å². The number of fused-ring (bicyclic) bond motifs is 3. The molecule has 2 aromatic carbocycles. The number of benzene rings is 2. The molecule has 0 saturated heterocycles. The van der Waals surface area contributed by atoms with Gasteiger partial charge in [0.25, 0.3) is 5.56 Å². The van der Waals surface area contributed by atoms with Crippen LogP contribution in [0, 0.1) is 0 Å². The second kappa shape index (κ2) is 5.78. The summed E-state index contributed by atoms with van der Waals surface area (Å²) in [6, 6.07) is 13.9. The molecule has 2 aromatic heterocycles. The molecule has 0 radical (unpaired) electrons. The van der Waals surface area contributed by atoms with Crippen LogP contribution in [0.25, 0.3) is 21.8 Å². The van der Waals surface area contributed by atoms with Crippen molar-refractivity contribution in [3.05, 3.63) is 76.5 Å². The number of H-pyrrole nitrogens is 1. The van der Waals surface area contributed by atoms with E-state index in [9.17, 15) is 14.7 Å². The van der Waals surface area contributed by atoms with Gasteiger partial charge in [0.15, 0.2) is 12.1 Å². The average Bonchev–Trinajstić information content (AvgIpc) is 3.08. The van der Waals surface area contributed by atoms with E-state index in [2.05, 4.69) is 15.3 Å². The predicted octanol–water partition coefficient (Wildman–Crippen LogP) is 1.78. The molecule has 0 unspecified atom stereocenters. The van der Waals surface area contributed by atoms with Crippen LogP contribution in [-0.4, -0.2) is 25.5 Å². The van der Waals surface area contributed by atoms with Gasteiger partial charge in [0.2, 0.25) is 5.91 Å². The van der Waals surface area contributed by atoms with E-state index in [0.29, 0.717) is 17.3 Å². The number of nitrogens with zero attached hydrogens (tertiary/aromatic N) is 2. The Balaban J connectivity index is 1.70. The molecular weight excluding hydrogens is 344 g/mol. The van der Waals surface area contributed by atoms with Crippen molar-refractivity contribution in [2.24, 2.45) is 0 Å². The number of carbonyl (C=O) groups excluding carboxylic acids is 1. The van der Waals surface area contributed by atoms with Crippen LogP contribution in [0.4, 0.5) is 0 Å². The van der Waals surface area contributed by atoms with Gasteiger partial charge in [-0.25, -0.2) is 4.98 Å². The molecule has 2 atom stereocenters. The Labute approximate surface area is 153 Å². The van der Waals surface area contributed by atoms with Crippen LogP contribution in [0.15, 0.2) is 59.5 Å². The molecule has 134 valence electrons. The van der Waals surface area contributed by atoms with Crippen LogP contribution < -0.4 is 10.9 Å². The molecular formula is C20H16N4O3. The van der Waals surface area contributed by atoms with E-state index in [-0.39, 0.29) is 11.4 Å². The largest absolute Gasteiger partial charge is 0.367 e. The van der Waals surface area contributed by atoms with Crippen molar-refractivity contribution in [1.29, 1.82) is 0 Å². The van der Waals surface area contributed by atoms with Crippen molar-refractivity contribution in [3.63, 3.8) is 0 Å². The van der Waals surface area contributed by atoms with Crippen molar-refractivity contribution in [1.82, 2.24) is 19.9 Å². The minimum atomic E-state index is -1.31. The molecule has 0 aliphatic carbocycles. The number of aliphatic hydroxyl groups excluding tert-OH is 1. The number of carbonyl (C=O) groups is 1. The number of hydrogen-bond acceptors (Lipinski definition) is 4. The molecule has 0 bridgehead atoms. The normalized spacial score (nSPS) is 19.2. The lowest BCUT2D eigenvalue weighted by Crippen LogP contribution is -2.48. The van der Waals surface area contributed by atoms with Gasteiger partial charge in [0.05, 0.1) is 10.9 Å². The molecule has 0 spiro atoms. The van der Waals surface area contributed by atoms with Gasteiger partial charge in [-0.05, 0) is 23.8 Å². The second-order valence-corrected chi connectivity index (χ2v) is 6.65. The molecule has 7 heteroatoms. The monoisotopic (exact) mass is 360 g/mol. The Hall–Kier alpha value is -3.45. The number of para-hydroxylation sites is 2. The van der Waals surface area contributed by atoms with Crippen molar-refractivity contribution in [2.75, 3.05) is 0 Å². The van der Waals surface area contributed by atoms with Gasteiger partial charge in [-0.15, -0.1) is 0 Å². The first-order valence-corrected chi connectivity index (χ1v) is 8.68. The third kappa shape index (κ3) is 2.36. The standard InChI is InChI=1S/C20H16N4O3/c25-18-16(9-11-10-21-14-7-3-1-5-12(11)14)24-17(19(26)23-18)22-15-8-4-2-6-13(15)20(24)27/h1-8,10,16,19,21,26H,9H2,(H,23,25)/t16-,19+/m1/s1. The number of amides is 1. The lowest BCUT2D eigenvalue weighted by atomic mass is 10.0. The summed E-state index contributed by atoms with van der Waals surface area (Å²) in [5, 5.41) is 14.2. The number of nitrogens with one attached hydrogen (secondary N) is 2. The van der Waals surface area contributed by atoms with Crippen LogP contribution in [0.3, 0.4) is 0 Å². The molecule has 27 heavy (non-hydrogen) atoms. The Morgan fingerprint density at radius 3 is 2.63 bits per heavy atom. The van der Waals surface area contributed by atoms with Gasteiger partial charge in [-0.1, -0.05) is 30.3 Å². The number of rotatable bonds is 2. The van der Waals surface area contributed by atoms with Crippen molar-refractivity contribution in [2.45, 2.75) is 18.7 Å². The summed E-state index contributed by atoms with van der Waals surface area (Å²) in [4.78, 5) is 33.3. The maximum absolute atomic E-state index is 13.1. The summed E-state index contributed by atoms with van der Waals surface area (Å²) in [5.74, 6) is -0.248. The smallest absolute Gasteiger partial charge is 0.262 e. The molecule has 3 heterocycles. The highest BCUT2D eigenvalue weighted by Gasteiger charge is 2.35. The minimum Gasteiger partial charge on any atom is -0.367 e. The van der Waals surface area contributed by atoms with Gasteiger partial charge in [0, 0.05) is 23.5 Å². The molecule has 3 N–H and O–H groups in total. The summed E-state index contributed by atoms with van der Waals surface area (Å²) < 4.78 is 1.33. The fourth-order valence-electron chi connectivity index (χ4n) is 3.76. The van der Waals surface area contributed by atoms with Crippen LogP contribution in [0.5, 0.6) is 0 Å². The molecule has 1 aliphatic heterocycles. The Bertz CT molecular complexity index is 1260. The number of aliphatic hydroxyl groups is 1. The summed E-state index contributed by atoms with van der Waals surface area (Å²) in [6.07, 6.45) is 0.853. The number of hydrogen-bond donors (Lipinski definition) is 3. The van der Waals surface area contributed by atoms with Crippen LogP contribution in [-0.2, 0) is 11.2 Å². The highest BCUT2D eigenvalue weighted by Crippen LogP contribution is 2.27. The van der Waals surface area contributed by atoms with E-state index in [1.165, 1.54) is 4.57 Å². The summed E-state index contributed by atoms with van der Waals surface area (Å²) in [6.45, 7) is 0. The van der Waals surface area contributed by atoms with Crippen LogP contribution >= 0.6 is 0 Å². The maximum atomic E-state index is 13.1. The summed E-state index contributed by atoms with van der Waals surface area (Å²) >= 11 is 0. The molecule has 7 nitrogen and oxygen atoms in total. The van der Waals surface area contributed by atoms with E-state index >= 15 is 0 Å². The molecule has 4 aromatic rings. The van der Waals surface area contributed by atoms with Gasteiger partial charge in [0.1, 0.15) is 6.04 Å². The van der Waals surface area contributed by atoms with E-state index in [1.54, 1.807) is 24.3 Å². The predicted molar refractivity (Wildman–Crippen MR) is 100 cm³/mol. The minimum absolute atomic E-state index is 0.156. The Morgan fingerprint density at radius 1 is 1.04 bits per heavy atom. The molecule has 5 rings (SSSR count). The van der Waals surface area contributed by atoms with E-state index in [0.717, 1.165) is 16.5 Å². The van der Waals surface area contributed by atoms with E-state index in [4.69, 9.17) is 0 Å². The quantitative estimate of drug-likeness (QED) is 0.507. The van der Waals surface area contributed by atoms with Gasteiger partial charge < -0.3 is 15.4 Å². The van der Waals surface area contributed by atoms with Gasteiger partial charge in [-0.3, -0.25) is 14.2 Å². The lowest BCUT2D eigenvalue weighted by molar-refractivity contribution is -0.130. The molecule has 0 saturated carbocycles. The van der Waals surface area contributed by atoms with Crippen molar-refractivity contribution < 1.29 is 9.90 Å². The third-order valence-electron chi connectivity index (χ3n) is 5.06. The zero-order valence-corrected chi connectivity index (χ0v) is 14.2. The Morgan fingerprint density at radius 2 is 1.78 bits per heavy atom. The molecule has 0 fully saturated rings. The van der Waals surface area contributed by atoms with E-state index in [1.807, 2.05) is 30.5 Å². The number of aromatic amines is 1. The summed E-state index contributed by atoms with van der Waals surface area (Å²) in [5.41, 5.74) is 2.06. The fourth-order valence-corrected chi connectivity index (χ4v) is 3.76. The maximum Gasteiger partial charge on any atom is 0.262 e. The Kier molecular flexibility index (Phi) is 3.38. The lowest BCUT2D eigenvalue weighted by Gasteiger charge is -2.30. The fraction of sp³-hybridized carbons (Fsp3) is 0.150. The molecule has 1 aliphatic rings. The number of aromatic nitrogens is 3. The highest BCUT2D eigenvalue weighted by molar-refractivity contribution is 5.87. The zero-order chi connectivity index (χ0) is 18.5. The summed E-state index contributed by atoms with van der Waals surface area (Å²) in [7, 11) is 0. The van der Waals surface area contributed by atoms with Crippen molar-refractivity contribution in [3.8, 4) is 0 Å². The third-order valence-corrected chi connectivity index (χ3v) is 5.06. The topological polar surface area (TPSA) is 100 Å². The molecule has 1 amide bonds. The van der Waals surface area contributed by atoms with Gasteiger partial charge >= 0.3 is 0 Å². The zero-order valence-electron chi connectivity index (χ0n) is 14.2. The first-order valence-electron chi connectivity index (χ1n) is 8.68.